The van der Waals surface area contributed by atoms with Crippen LogP contribution in [-0.4, -0.2) is 23.9 Å². The smallest absolute Gasteiger partial charge is 0.228 e. The van der Waals surface area contributed by atoms with Crippen molar-refractivity contribution in [1.82, 2.24) is 10.2 Å². The van der Waals surface area contributed by atoms with E-state index in [1.807, 2.05) is 4.90 Å². The molecule has 2 aliphatic rings. The molecule has 2 rings (SSSR count). The third-order valence-corrected chi connectivity index (χ3v) is 2.17. The first kappa shape index (κ1) is 6.70. The van der Waals surface area contributed by atoms with Gasteiger partial charge in [0.2, 0.25) is 5.91 Å². The van der Waals surface area contributed by atoms with Gasteiger partial charge >= 0.3 is 0 Å². The average Bonchev–Trinajstić information content (AvgIpc) is 2.34. The SMILES string of the molecule is CC1C=C2NCCN2C(=O)C1. The van der Waals surface area contributed by atoms with Crippen LogP contribution in [-0.2, 0) is 4.79 Å². The van der Waals surface area contributed by atoms with Crippen LogP contribution < -0.4 is 5.32 Å². The Morgan fingerprint density at radius 3 is 3.36 bits per heavy atom. The quantitative estimate of drug-likeness (QED) is 0.541. The van der Waals surface area contributed by atoms with Crippen molar-refractivity contribution < 1.29 is 4.79 Å². The number of rotatable bonds is 0. The zero-order valence-electron chi connectivity index (χ0n) is 6.63. The van der Waals surface area contributed by atoms with Crippen LogP contribution >= 0.6 is 0 Å². The van der Waals surface area contributed by atoms with Gasteiger partial charge in [-0.3, -0.25) is 9.69 Å². The van der Waals surface area contributed by atoms with Crippen molar-refractivity contribution in [3.05, 3.63) is 11.9 Å². The summed E-state index contributed by atoms with van der Waals surface area (Å²) in [5.74, 6) is 1.69. The van der Waals surface area contributed by atoms with Crippen LogP contribution in [0.1, 0.15) is 13.3 Å². The van der Waals surface area contributed by atoms with E-state index in [1.165, 1.54) is 0 Å². The second kappa shape index (κ2) is 2.26. The Morgan fingerprint density at radius 1 is 1.73 bits per heavy atom. The molecule has 0 radical (unpaired) electrons. The fourth-order valence-corrected chi connectivity index (χ4v) is 1.63. The highest BCUT2D eigenvalue weighted by molar-refractivity contribution is 5.80. The van der Waals surface area contributed by atoms with Crippen molar-refractivity contribution in [2.24, 2.45) is 5.92 Å². The van der Waals surface area contributed by atoms with Crippen LogP contribution in [0.3, 0.4) is 0 Å². The van der Waals surface area contributed by atoms with Crippen molar-refractivity contribution >= 4 is 5.91 Å². The lowest BCUT2D eigenvalue weighted by atomic mass is 10.0. The first-order valence-corrected chi connectivity index (χ1v) is 4.03. The van der Waals surface area contributed by atoms with Gasteiger partial charge in [-0.25, -0.2) is 0 Å². The lowest BCUT2D eigenvalue weighted by Gasteiger charge is -2.23. The molecule has 0 bridgehead atoms. The minimum atomic E-state index is 0.264. The van der Waals surface area contributed by atoms with E-state index in [9.17, 15) is 4.79 Å². The average molecular weight is 152 g/mol. The number of hydrogen-bond acceptors (Lipinski definition) is 2. The maximum atomic E-state index is 11.3. The van der Waals surface area contributed by atoms with E-state index >= 15 is 0 Å². The van der Waals surface area contributed by atoms with Crippen molar-refractivity contribution in [1.29, 1.82) is 0 Å². The van der Waals surface area contributed by atoms with E-state index < -0.39 is 0 Å². The van der Waals surface area contributed by atoms with Gasteiger partial charge in [-0.15, -0.1) is 0 Å². The molecule has 1 saturated heterocycles. The van der Waals surface area contributed by atoms with Crippen LogP contribution in [0.2, 0.25) is 0 Å². The summed E-state index contributed by atoms with van der Waals surface area (Å²) in [6.07, 6.45) is 2.81. The number of allylic oxidation sites excluding steroid dienone is 1. The van der Waals surface area contributed by atoms with Crippen molar-refractivity contribution in [3.8, 4) is 0 Å². The Hall–Kier alpha value is -0.990. The van der Waals surface area contributed by atoms with Crippen molar-refractivity contribution in [2.45, 2.75) is 13.3 Å². The molecule has 60 valence electrons. The number of carbonyl (C=O) groups excluding carboxylic acids is 1. The number of amides is 1. The van der Waals surface area contributed by atoms with Gasteiger partial charge in [0, 0.05) is 19.5 Å². The predicted octanol–water partition coefficient (Wildman–Crippen LogP) is 0.299. The number of carbonyl (C=O) groups is 1. The molecule has 3 nitrogen and oxygen atoms in total. The maximum Gasteiger partial charge on any atom is 0.228 e. The summed E-state index contributed by atoms with van der Waals surface area (Å²) in [7, 11) is 0. The number of fused-ring (bicyclic) bond motifs is 1. The summed E-state index contributed by atoms with van der Waals surface area (Å²) >= 11 is 0. The topological polar surface area (TPSA) is 32.3 Å². The largest absolute Gasteiger partial charge is 0.370 e. The van der Waals surface area contributed by atoms with Crippen LogP contribution in [0.5, 0.6) is 0 Å². The Labute approximate surface area is 66.1 Å². The summed E-state index contributed by atoms with van der Waals surface area (Å²) in [6, 6.07) is 0. The van der Waals surface area contributed by atoms with Crippen molar-refractivity contribution in [2.75, 3.05) is 13.1 Å². The van der Waals surface area contributed by atoms with Gasteiger partial charge in [-0.1, -0.05) is 6.92 Å². The van der Waals surface area contributed by atoms with E-state index in [0.29, 0.717) is 12.3 Å². The van der Waals surface area contributed by atoms with E-state index in [2.05, 4.69) is 18.3 Å². The standard InChI is InChI=1S/C8H12N2O/c1-6-4-7-9-2-3-10(7)8(11)5-6/h4,6,9H,2-3,5H2,1H3. The predicted molar refractivity (Wildman–Crippen MR) is 41.6 cm³/mol. The summed E-state index contributed by atoms with van der Waals surface area (Å²) in [4.78, 5) is 13.2. The molecule has 1 amide bonds. The highest BCUT2D eigenvalue weighted by Crippen LogP contribution is 2.20. The Balaban J connectivity index is 2.27. The van der Waals surface area contributed by atoms with Gasteiger partial charge in [0.25, 0.3) is 0 Å². The number of nitrogens with one attached hydrogen (secondary N) is 1. The van der Waals surface area contributed by atoms with Gasteiger partial charge in [0.05, 0.1) is 0 Å². The van der Waals surface area contributed by atoms with Crippen molar-refractivity contribution in [3.63, 3.8) is 0 Å². The summed E-state index contributed by atoms with van der Waals surface area (Å²) in [5, 5.41) is 3.19. The number of nitrogens with zero attached hydrogens (tertiary/aromatic N) is 1. The first-order valence-electron chi connectivity index (χ1n) is 4.03. The first-order chi connectivity index (χ1) is 5.27. The van der Waals surface area contributed by atoms with Crippen LogP contribution in [0.25, 0.3) is 0 Å². The third kappa shape index (κ3) is 1.00. The fourth-order valence-electron chi connectivity index (χ4n) is 1.63. The molecule has 3 heteroatoms. The molecule has 0 spiro atoms. The Morgan fingerprint density at radius 2 is 2.55 bits per heavy atom. The summed E-state index contributed by atoms with van der Waals surface area (Å²) in [6.45, 7) is 3.82. The molecule has 2 heterocycles. The van der Waals surface area contributed by atoms with E-state index in [0.717, 1.165) is 18.9 Å². The van der Waals surface area contributed by atoms with Gasteiger partial charge < -0.3 is 5.32 Å². The maximum absolute atomic E-state index is 11.3. The summed E-state index contributed by atoms with van der Waals surface area (Å²) in [5.41, 5.74) is 0. The highest BCUT2D eigenvalue weighted by Gasteiger charge is 2.28. The fraction of sp³-hybridized carbons (Fsp3) is 0.625. The normalized spacial score (nSPS) is 29.5. The minimum absolute atomic E-state index is 0.264. The molecule has 1 atom stereocenters. The van der Waals surface area contributed by atoms with E-state index in [1.54, 1.807) is 0 Å². The van der Waals surface area contributed by atoms with Crippen LogP contribution in [0.15, 0.2) is 11.9 Å². The van der Waals surface area contributed by atoms with Gasteiger partial charge in [0.15, 0.2) is 0 Å². The molecule has 0 aromatic rings. The van der Waals surface area contributed by atoms with E-state index in [4.69, 9.17) is 0 Å². The van der Waals surface area contributed by atoms with Crippen LogP contribution in [0, 0.1) is 5.92 Å². The molecule has 1 fully saturated rings. The lowest BCUT2D eigenvalue weighted by molar-refractivity contribution is -0.129. The van der Waals surface area contributed by atoms with Crippen LogP contribution in [0.4, 0.5) is 0 Å². The van der Waals surface area contributed by atoms with Gasteiger partial charge in [0.1, 0.15) is 5.82 Å². The lowest BCUT2D eigenvalue weighted by Crippen LogP contribution is -2.32. The molecule has 1 unspecified atom stereocenters. The molecule has 0 aromatic carbocycles. The van der Waals surface area contributed by atoms with E-state index in [-0.39, 0.29) is 5.91 Å². The molecule has 1 N–H and O–H groups in total. The molecule has 11 heavy (non-hydrogen) atoms. The third-order valence-electron chi connectivity index (χ3n) is 2.17. The zero-order valence-corrected chi connectivity index (χ0v) is 6.63. The molecule has 0 aromatic heterocycles. The Kier molecular flexibility index (Phi) is 1.37. The minimum Gasteiger partial charge on any atom is -0.370 e. The van der Waals surface area contributed by atoms with Gasteiger partial charge in [-0.05, 0) is 12.0 Å². The molecular formula is C8H12N2O. The highest BCUT2D eigenvalue weighted by atomic mass is 16.2. The summed E-state index contributed by atoms with van der Waals surface area (Å²) < 4.78 is 0. The number of hydrogen-bond donors (Lipinski definition) is 1. The second-order valence-electron chi connectivity index (χ2n) is 3.21. The monoisotopic (exact) mass is 152 g/mol. The van der Waals surface area contributed by atoms with Gasteiger partial charge in [-0.2, -0.15) is 0 Å². The Bertz CT molecular complexity index is 222. The molecule has 2 aliphatic heterocycles. The molecular weight excluding hydrogens is 140 g/mol. The molecule has 0 aliphatic carbocycles. The zero-order chi connectivity index (χ0) is 7.84. The second-order valence-corrected chi connectivity index (χ2v) is 3.21. The molecule has 0 saturated carbocycles.